The number of carbonyl (C=O) groups excluding carboxylic acids is 2. The molecule has 15 heavy (non-hydrogen) atoms. The van der Waals surface area contributed by atoms with Gasteiger partial charge in [0.1, 0.15) is 11.9 Å². The van der Waals surface area contributed by atoms with Crippen molar-refractivity contribution in [3.8, 4) is 0 Å². The summed E-state index contributed by atoms with van der Waals surface area (Å²) in [5.41, 5.74) is -0.489. The molecule has 0 aromatic carbocycles. The van der Waals surface area contributed by atoms with E-state index in [1.54, 1.807) is 4.90 Å². The molecule has 1 unspecified atom stereocenters. The quantitative estimate of drug-likeness (QED) is 0.619. The summed E-state index contributed by atoms with van der Waals surface area (Å²) in [5.74, 6) is 0.535. The normalized spacial score (nSPS) is 33.5. The van der Waals surface area contributed by atoms with E-state index in [1.165, 1.54) is 0 Å². The van der Waals surface area contributed by atoms with Gasteiger partial charge in [0.05, 0.1) is 6.04 Å². The number of ether oxygens (including phenoxy) is 1. The Morgan fingerprint density at radius 1 is 1.40 bits per heavy atom. The zero-order chi connectivity index (χ0) is 11.2. The van der Waals surface area contributed by atoms with E-state index in [0.29, 0.717) is 5.92 Å². The average molecular weight is 211 g/mol. The van der Waals surface area contributed by atoms with Gasteiger partial charge in [-0.15, -0.1) is 0 Å². The van der Waals surface area contributed by atoms with E-state index in [1.807, 2.05) is 20.8 Å². The van der Waals surface area contributed by atoms with Crippen molar-refractivity contribution in [3.05, 3.63) is 0 Å². The van der Waals surface area contributed by atoms with Crippen LogP contribution in [0.2, 0.25) is 0 Å². The van der Waals surface area contributed by atoms with Gasteiger partial charge in [-0.1, -0.05) is 0 Å². The average Bonchev–Trinajstić information content (AvgIpc) is 2.73. The van der Waals surface area contributed by atoms with Crippen LogP contribution in [0.5, 0.6) is 0 Å². The van der Waals surface area contributed by atoms with Crippen LogP contribution in [0.3, 0.4) is 0 Å². The first-order valence-electron chi connectivity index (χ1n) is 5.39. The Hall–Kier alpha value is -1.06. The van der Waals surface area contributed by atoms with Gasteiger partial charge in [-0.3, -0.25) is 4.90 Å². The Morgan fingerprint density at radius 2 is 2.07 bits per heavy atom. The number of likely N-dealkylation sites (tertiary alicyclic amines) is 1. The lowest BCUT2D eigenvalue weighted by Gasteiger charge is -2.28. The number of nitrogens with zero attached hydrogens (tertiary/aromatic N) is 1. The van der Waals surface area contributed by atoms with Gasteiger partial charge in [-0.2, -0.15) is 0 Å². The summed E-state index contributed by atoms with van der Waals surface area (Å²) in [6.07, 6.45) is 2.36. The number of hydrogen-bond donors (Lipinski definition) is 0. The molecule has 1 amide bonds. The molecule has 1 heterocycles. The van der Waals surface area contributed by atoms with Crippen LogP contribution < -0.4 is 0 Å². The summed E-state index contributed by atoms with van der Waals surface area (Å²) in [6, 6.07) is -0.00125. The molecule has 3 atom stereocenters. The summed E-state index contributed by atoms with van der Waals surface area (Å²) in [5, 5.41) is 0. The molecule has 0 radical (unpaired) electrons. The molecule has 2 rings (SSSR count). The van der Waals surface area contributed by atoms with E-state index >= 15 is 0 Å². The molecule has 84 valence electrons. The third kappa shape index (κ3) is 1.98. The maximum atomic E-state index is 11.8. The highest BCUT2D eigenvalue weighted by Crippen LogP contribution is 2.47. The molecule has 1 saturated heterocycles. The van der Waals surface area contributed by atoms with Crippen molar-refractivity contribution in [3.63, 3.8) is 0 Å². The molecule has 0 bridgehead atoms. The maximum Gasteiger partial charge on any atom is 0.411 e. The van der Waals surface area contributed by atoms with E-state index < -0.39 is 5.60 Å². The van der Waals surface area contributed by atoms with Gasteiger partial charge in [-0.25, -0.2) is 4.79 Å². The van der Waals surface area contributed by atoms with E-state index in [-0.39, 0.29) is 18.2 Å². The van der Waals surface area contributed by atoms with Gasteiger partial charge in [0.25, 0.3) is 0 Å². The van der Waals surface area contributed by atoms with Gasteiger partial charge in [-0.05, 0) is 39.5 Å². The first-order chi connectivity index (χ1) is 6.92. The van der Waals surface area contributed by atoms with Crippen LogP contribution in [0.15, 0.2) is 0 Å². The number of hydrogen-bond acceptors (Lipinski definition) is 3. The van der Waals surface area contributed by atoms with E-state index in [2.05, 4.69) is 0 Å². The second-order valence-electron chi connectivity index (χ2n) is 5.39. The molecule has 2 fully saturated rings. The fourth-order valence-electron chi connectivity index (χ4n) is 2.20. The molecule has 4 nitrogen and oxygen atoms in total. The molecular weight excluding hydrogens is 194 g/mol. The molecule has 1 aliphatic heterocycles. The summed E-state index contributed by atoms with van der Waals surface area (Å²) in [6.45, 7) is 5.50. The third-order valence-corrected chi connectivity index (χ3v) is 2.91. The van der Waals surface area contributed by atoms with Crippen molar-refractivity contribution in [1.82, 2.24) is 4.90 Å². The Bertz CT molecular complexity index is 295. The van der Waals surface area contributed by atoms with Crippen molar-refractivity contribution < 1.29 is 14.3 Å². The van der Waals surface area contributed by atoms with E-state index in [0.717, 1.165) is 19.1 Å². The number of piperidine rings is 1. The first kappa shape index (κ1) is 10.5. The standard InChI is InChI=1S/C11H17NO3/c1-11(2,3)15-10(14)12-8(6-13)4-7-5-9(7)12/h6-9H,4-5H2,1-3H3/t7-,8+,9?/m1/s1. The molecular formula is C11H17NO3. The monoisotopic (exact) mass is 211 g/mol. The molecule has 4 heteroatoms. The Kier molecular flexibility index (Phi) is 2.24. The zero-order valence-corrected chi connectivity index (χ0v) is 9.40. The Balaban J connectivity index is 2.02. The summed E-state index contributed by atoms with van der Waals surface area (Å²) < 4.78 is 5.28. The van der Waals surface area contributed by atoms with Gasteiger partial charge in [0.2, 0.25) is 0 Å². The molecule has 0 spiro atoms. The minimum atomic E-state index is -0.489. The van der Waals surface area contributed by atoms with Crippen molar-refractivity contribution in [1.29, 1.82) is 0 Å². The van der Waals surface area contributed by atoms with Crippen molar-refractivity contribution >= 4 is 12.4 Å². The van der Waals surface area contributed by atoms with Crippen molar-refractivity contribution in [2.24, 2.45) is 5.92 Å². The molecule has 0 aromatic heterocycles. The molecule has 1 aliphatic carbocycles. The minimum Gasteiger partial charge on any atom is -0.444 e. The molecule has 0 N–H and O–H groups in total. The van der Waals surface area contributed by atoms with Crippen molar-refractivity contribution in [2.45, 2.75) is 51.3 Å². The van der Waals surface area contributed by atoms with Crippen molar-refractivity contribution in [2.75, 3.05) is 0 Å². The van der Waals surface area contributed by atoms with Crippen LogP contribution in [0.1, 0.15) is 33.6 Å². The highest BCUT2D eigenvalue weighted by atomic mass is 16.6. The lowest BCUT2D eigenvalue weighted by molar-refractivity contribution is -0.112. The number of fused-ring (bicyclic) bond motifs is 1. The molecule has 0 aromatic rings. The number of amides is 1. The second kappa shape index (κ2) is 3.22. The van der Waals surface area contributed by atoms with Gasteiger partial charge >= 0.3 is 6.09 Å². The lowest BCUT2D eigenvalue weighted by Crippen LogP contribution is -2.42. The van der Waals surface area contributed by atoms with E-state index in [9.17, 15) is 9.59 Å². The maximum absolute atomic E-state index is 11.8. The minimum absolute atomic E-state index is 0.259. The van der Waals surface area contributed by atoms with Crippen LogP contribution in [0.4, 0.5) is 4.79 Å². The Morgan fingerprint density at radius 3 is 2.60 bits per heavy atom. The first-order valence-corrected chi connectivity index (χ1v) is 5.39. The molecule has 2 aliphatic rings. The predicted molar refractivity (Wildman–Crippen MR) is 54.4 cm³/mol. The number of rotatable bonds is 1. The fraction of sp³-hybridized carbons (Fsp3) is 0.818. The largest absolute Gasteiger partial charge is 0.444 e. The van der Waals surface area contributed by atoms with Gasteiger partial charge in [0.15, 0.2) is 0 Å². The Labute approximate surface area is 89.6 Å². The van der Waals surface area contributed by atoms with Gasteiger partial charge in [0, 0.05) is 6.04 Å². The highest BCUT2D eigenvalue weighted by Gasteiger charge is 2.54. The SMILES string of the molecule is CC(C)(C)OC(=O)N1C2C[C@H]2C[C@H]1C=O. The number of carbonyl (C=O) groups is 2. The molecule has 1 saturated carbocycles. The fourth-order valence-corrected chi connectivity index (χ4v) is 2.20. The van der Waals surface area contributed by atoms with Gasteiger partial charge < -0.3 is 9.53 Å². The smallest absolute Gasteiger partial charge is 0.411 e. The van der Waals surface area contributed by atoms with Crippen LogP contribution in [0, 0.1) is 5.92 Å². The lowest BCUT2D eigenvalue weighted by atomic mass is 10.2. The number of aldehydes is 1. The van der Waals surface area contributed by atoms with Crippen LogP contribution in [0.25, 0.3) is 0 Å². The van der Waals surface area contributed by atoms with Crippen LogP contribution in [-0.2, 0) is 9.53 Å². The summed E-state index contributed by atoms with van der Waals surface area (Å²) >= 11 is 0. The van der Waals surface area contributed by atoms with Crippen LogP contribution in [-0.4, -0.2) is 35.0 Å². The highest BCUT2D eigenvalue weighted by molar-refractivity contribution is 5.76. The third-order valence-electron chi connectivity index (χ3n) is 2.91. The van der Waals surface area contributed by atoms with Crippen LogP contribution >= 0.6 is 0 Å². The zero-order valence-electron chi connectivity index (χ0n) is 9.40. The summed E-state index contributed by atoms with van der Waals surface area (Å²) in [4.78, 5) is 24.2. The second-order valence-corrected chi connectivity index (χ2v) is 5.39. The topological polar surface area (TPSA) is 46.6 Å². The summed E-state index contributed by atoms with van der Waals surface area (Å²) in [7, 11) is 0. The predicted octanol–water partition coefficient (Wildman–Crippen LogP) is 1.58. The van der Waals surface area contributed by atoms with E-state index in [4.69, 9.17) is 4.74 Å².